The van der Waals surface area contributed by atoms with E-state index in [0.717, 1.165) is 68.2 Å². The summed E-state index contributed by atoms with van der Waals surface area (Å²) in [6.07, 6.45) is 6.94. The van der Waals surface area contributed by atoms with Crippen molar-refractivity contribution in [3.8, 4) is 0 Å². The average Bonchev–Trinajstić information content (AvgIpc) is 3.42. The molecule has 1 aliphatic carbocycles. The summed E-state index contributed by atoms with van der Waals surface area (Å²) in [4.78, 5) is 16.6. The lowest BCUT2D eigenvalue weighted by Crippen LogP contribution is -2.38. The Labute approximate surface area is 195 Å². The molecule has 164 valence electrons. The number of benzene rings is 1. The topological polar surface area (TPSA) is 96.2 Å². The lowest BCUT2D eigenvalue weighted by molar-refractivity contribution is -0.119. The van der Waals surface area contributed by atoms with Crippen LogP contribution in [0.1, 0.15) is 44.0 Å². The van der Waals surface area contributed by atoms with Gasteiger partial charge in [-0.2, -0.15) is 0 Å². The monoisotopic (exact) mass is 525 g/mol. The number of anilines is 1. The molecular weight excluding hydrogens is 493 g/mol. The van der Waals surface area contributed by atoms with Crippen molar-refractivity contribution >= 4 is 41.5 Å². The van der Waals surface area contributed by atoms with E-state index in [4.69, 9.17) is 0 Å². The number of carbonyl (C=O) groups excluding carboxylic acids is 1. The van der Waals surface area contributed by atoms with Gasteiger partial charge < -0.3 is 20.5 Å². The number of rotatable bonds is 8. The third-order valence-electron chi connectivity index (χ3n) is 5.26. The fourth-order valence-corrected chi connectivity index (χ4v) is 3.63. The van der Waals surface area contributed by atoms with Crippen LogP contribution in [0.4, 0.5) is 5.69 Å². The zero-order valence-corrected chi connectivity index (χ0v) is 20.1. The molecule has 0 saturated heterocycles. The molecule has 1 amide bonds. The van der Waals surface area contributed by atoms with Gasteiger partial charge in [0, 0.05) is 44.7 Å². The maximum atomic E-state index is 12.3. The highest BCUT2D eigenvalue weighted by Crippen LogP contribution is 2.26. The van der Waals surface area contributed by atoms with E-state index in [1.165, 1.54) is 0 Å². The van der Waals surface area contributed by atoms with Crippen molar-refractivity contribution in [1.82, 2.24) is 25.4 Å². The Morgan fingerprint density at radius 3 is 2.80 bits per heavy atom. The fraction of sp³-hybridized carbons (Fsp3) is 0.524. The van der Waals surface area contributed by atoms with Crippen LogP contribution in [0.2, 0.25) is 0 Å². The summed E-state index contributed by atoms with van der Waals surface area (Å²) < 4.78 is 2.04. The molecule has 1 aromatic carbocycles. The maximum Gasteiger partial charge on any atom is 0.227 e. The number of hydrogen-bond acceptors (Lipinski definition) is 4. The second kappa shape index (κ2) is 12.5. The van der Waals surface area contributed by atoms with Crippen LogP contribution in [0.5, 0.6) is 0 Å². The molecule has 1 aromatic heterocycles. The minimum Gasteiger partial charge on any atom is -0.355 e. The highest BCUT2D eigenvalue weighted by molar-refractivity contribution is 14.0. The zero-order valence-electron chi connectivity index (χ0n) is 17.7. The van der Waals surface area contributed by atoms with E-state index in [1.54, 1.807) is 13.4 Å². The molecule has 1 saturated carbocycles. The molecule has 0 aliphatic heterocycles. The number of amides is 1. The van der Waals surface area contributed by atoms with Crippen molar-refractivity contribution in [2.45, 2.75) is 52.1 Å². The highest BCUT2D eigenvalue weighted by Gasteiger charge is 2.22. The van der Waals surface area contributed by atoms with Gasteiger partial charge in [-0.25, -0.2) is 0 Å². The van der Waals surface area contributed by atoms with Gasteiger partial charge in [0.05, 0.1) is 0 Å². The van der Waals surface area contributed by atoms with Crippen molar-refractivity contribution in [2.75, 3.05) is 18.9 Å². The van der Waals surface area contributed by atoms with Gasteiger partial charge in [0.25, 0.3) is 0 Å². The molecule has 0 bridgehead atoms. The summed E-state index contributed by atoms with van der Waals surface area (Å²) in [5, 5.41) is 17.7. The molecule has 9 heteroatoms. The molecule has 1 fully saturated rings. The van der Waals surface area contributed by atoms with E-state index >= 15 is 0 Å². The first-order valence-corrected chi connectivity index (χ1v) is 10.4. The van der Waals surface area contributed by atoms with E-state index in [2.05, 4.69) is 38.1 Å². The van der Waals surface area contributed by atoms with Gasteiger partial charge in [-0.1, -0.05) is 31.9 Å². The fourth-order valence-electron chi connectivity index (χ4n) is 3.63. The molecule has 0 radical (unpaired) electrons. The van der Waals surface area contributed by atoms with Crippen molar-refractivity contribution < 1.29 is 4.79 Å². The summed E-state index contributed by atoms with van der Waals surface area (Å²) in [7, 11) is 1.75. The summed E-state index contributed by atoms with van der Waals surface area (Å²) in [5.41, 5.74) is 1.94. The van der Waals surface area contributed by atoms with E-state index in [-0.39, 0.29) is 35.8 Å². The Morgan fingerprint density at radius 2 is 2.07 bits per heavy atom. The third-order valence-corrected chi connectivity index (χ3v) is 5.26. The summed E-state index contributed by atoms with van der Waals surface area (Å²) >= 11 is 0. The molecular formula is C21H32IN7O. The Morgan fingerprint density at radius 1 is 1.27 bits per heavy atom. The van der Waals surface area contributed by atoms with Crippen LogP contribution in [0.25, 0.3) is 0 Å². The van der Waals surface area contributed by atoms with Gasteiger partial charge in [0.1, 0.15) is 12.2 Å². The van der Waals surface area contributed by atoms with E-state index in [1.807, 2.05) is 28.8 Å². The first kappa shape index (κ1) is 24.1. The number of aryl methyl sites for hydroxylation is 1. The van der Waals surface area contributed by atoms with Crippen LogP contribution in [-0.4, -0.2) is 40.2 Å². The minimum atomic E-state index is 0. The number of aromatic nitrogens is 3. The summed E-state index contributed by atoms with van der Waals surface area (Å²) in [6, 6.07) is 7.96. The summed E-state index contributed by atoms with van der Waals surface area (Å²) in [5.74, 6) is 2.02. The number of halogens is 1. The van der Waals surface area contributed by atoms with Crippen LogP contribution < -0.4 is 16.0 Å². The van der Waals surface area contributed by atoms with Gasteiger partial charge >= 0.3 is 0 Å². The Bertz CT molecular complexity index is 830. The SMILES string of the molecule is CCc1nncn1CCNC(=NC)NCc1cccc(NC(=O)C2CCCC2)c1.I. The van der Waals surface area contributed by atoms with Crippen molar-refractivity contribution in [3.63, 3.8) is 0 Å². The molecule has 0 spiro atoms. The molecule has 30 heavy (non-hydrogen) atoms. The first-order valence-electron chi connectivity index (χ1n) is 10.4. The predicted octanol–water partition coefficient (Wildman–Crippen LogP) is 2.95. The van der Waals surface area contributed by atoms with Gasteiger partial charge in [-0.05, 0) is 30.5 Å². The first-order chi connectivity index (χ1) is 14.2. The zero-order chi connectivity index (χ0) is 20.5. The number of guanidine groups is 1. The number of aliphatic imine (C=N–C) groups is 1. The van der Waals surface area contributed by atoms with Crippen molar-refractivity contribution in [3.05, 3.63) is 42.0 Å². The van der Waals surface area contributed by atoms with Crippen LogP contribution in [0, 0.1) is 5.92 Å². The van der Waals surface area contributed by atoms with Crippen molar-refractivity contribution in [2.24, 2.45) is 10.9 Å². The van der Waals surface area contributed by atoms with Crippen LogP contribution in [0.15, 0.2) is 35.6 Å². The standard InChI is InChI=1S/C21H31N7O.HI/c1-3-19-27-25-15-28(19)12-11-23-21(22-2)24-14-16-7-6-10-18(13-16)26-20(29)17-8-4-5-9-17;/h6-7,10,13,15,17H,3-5,8-9,11-12,14H2,1-2H3,(H,26,29)(H2,22,23,24);1H. The number of nitrogens with zero attached hydrogens (tertiary/aromatic N) is 4. The maximum absolute atomic E-state index is 12.3. The molecule has 1 heterocycles. The smallest absolute Gasteiger partial charge is 0.227 e. The quantitative estimate of drug-likeness (QED) is 0.280. The minimum absolute atomic E-state index is 0. The number of nitrogens with one attached hydrogen (secondary N) is 3. The number of carbonyl (C=O) groups is 1. The highest BCUT2D eigenvalue weighted by atomic mass is 127. The molecule has 0 atom stereocenters. The van der Waals surface area contributed by atoms with Crippen LogP contribution in [-0.2, 0) is 24.3 Å². The van der Waals surface area contributed by atoms with Crippen molar-refractivity contribution in [1.29, 1.82) is 0 Å². The predicted molar refractivity (Wildman–Crippen MR) is 130 cm³/mol. The van der Waals surface area contributed by atoms with E-state index in [9.17, 15) is 4.79 Å². The summed E-state index contributed by atoms with van der Waals surface area (Å²) in [6.45, 7) is 4.19. The molecule has 3 rings (SSSR count). The van der Waals surface area contributed by atoms with Gasteiger partial charge in [0.15, 0.2) is 5.96 Å². The van der Waals surface area contributed by atoms with Gasteiger partial charge in [-0.15, -0.1) is 34.2 Å². The molecule has 0 unspecified atom stereocenters. The molecule has 8 nitrogen and oxygen atoms in total. The normalized spacial score (nSPS) is 14.3. The lowest BCUT2D eigenvalue weighted by atomic mass is 10.1. The van der Waals surface area contributed by atoms with E-state index in [0.29, 0.717) is 6.54 Å². The second-order valence-corrected chi connectivity index (χ2v) is 7.32. The van der Waals surface area contributed by atoms with Gasteiger partial charge in [-0.3, -0.25) is 9.79 Å². The lowest BCUT2D eigenvalue weighted by Gasteiger charge is -2.14. The Hall–Kier alpha value is -2.17. The van der Waals surface area contributed by atoms with Gasteiger partial charge in [0.2, 0.25) is 5.91 Å². The van der Waals surface area contributed by atoms with E-state index < -0.39 is 0 Å². The van der Waals surface area contributed by atoms with Crippen LogP contribution in [0.3, 0.4) is 0 Å². The third kappa shape index (κ3) is 6.96. The molecule has 2 aromatic rings. The molecule has 3 N–H and O–H groups in total. The average molecular weight is 525 g/mol. The Balaban J connectivity index is 0.00000320. The van der Waals surface area contributed by atoms with Crippen LogP contribution >= 0.6 is 24.0 Å². The largest absolute Gasteiger partial charge is 0.355 e. The molecule has 1 aliphatic rings. The Kier molecular flexibility index (Phi) is 10.0. The number of hydrogen-bond donors (Lipinski definition) is 3. The second-order valence-electron chi connectivity index (χ2n) is 7.32.